The van der Waals surface area contributed by atoms with Crippen molar-refractivity contribution >= 4 is 11.8 Å². The Kier molecular flexibility index (Phi) is 3.86. The second-order valence-electron chi connectivity index (χ2n) is 3.76. The molecule has 0 spiro atoms. The second kappa shape index (κ2) is 5.77. The van der Waals surface area contributed by atoms with Crippen molar-refractivity contribution in [3.63, 3.8) is 0 Å². The Morgan fingerprint density at radius 1 is 1.22 bits per heavy atom. The lowest BCUT2D eigenvalue weighted by atomic mass is 10.1. The number of nitrogens with zero attached hydrogens (tertiary/aromatic N) is 2. The van der Waals surface area contributed by atoms with Gasteiger partial charge in [-0.05, 0) is 12.0 Å². The van der Waals surface area contributed by atoms with Gasteiger partial charge in [-0.25, -0.2) is 14.8 Å². The quantitative estimate of drug-likeness (QED) is 0.838. The molecule has 2 rings (SSSR count). The van der Waals surface area contributed by atoms with Gasteiger partial charge in [-0.3, -0.25) is 0 Å². The van der Waals surface area contributed by atoms with E-state index in [1.54, 1.807) is 0 Å². The molecule has 92 valence electrons. The molecule has 0 aliphatic carbocycles. The molecule has 0 atom stereocenters. The summed E-state index contributed by atoms with van der Waals surface area (Å²) >= 11 is 0. The number of aromatic nitrogens is 2. The van der Waals surface area contributed by atoms with Gasteiger partial charge in [0, 0.05) is 12.6 Å². The minimum Gasteiger partial charge on any atom is -0.477 e. The predicted molar refractivity (Wildman–Crippen MR) is 67.6 cm³/mol. The van der Waals surface area contributed by atoms with Crippen LogP contribution in [-0.2, 0) is 6.42 Å². The van der Waals surface area contributed by atoms with Gasteiger partial charge in [0.1, 0.15) is 12.1 Å². The molecule has 5 nitrogen and oxygen atoms in total. The minimum absolute atomic E-state index is 0.00721. The molecule has 0 unspecified atom stereocenters. The third-order valence-electron chi connectivity index (χ3n) is 2.45. The lowest BCUT2D eigenvalue weighted by Gasteiger charge is -2.05. The van der Waals surface area contributed by atoms with Crippen LogP contribution in [0, 0.1) is 0 Å². The predicted octanol–water partition coefficient (Wildman–Crippen LogP) is 1.83. The number of hydrogen-bond donors (Lipinski definition) is 2. The molecule has 0 saturated heterocycles. The molecular formula is C13H13N3O2. The van der Waals surface area contributed by atoms with E-state index in [4.69, 9.17) is 5.11 Å². The molecule has 0 aliphatic rings. The zero-order valence-electron chi connectivity index (χ0n) is 9.71. The number of anilines is 1. The summed E-state index contributed by atoms with van der Waals surface area (Å²) in [5.41, 5.74) is 1.21. The van der Waals surface area contributed by atoms with Gasteiger partial charge in [-0.15, -0.1) is 0 Å². The molecule has 18 heavy (non-hydrogen) atoms. The van der Waals surface area contributed by atoms with Crippen molar-refractivity contribution in [3.8, 4) is 0 Å². The van der Waals surface area contributed by atoms with Crippen molar-refractivity contribution in [1.29, 1.82) is 0 Å². The number of carboxylic acid groups (broad SMARTS) is 1. The van der Waals surface area contributed by atoms with Gasteiger partial charge >= 0.3 is 5.97 Å². The van der Waals surface area contributed by atoms with Crippen LogP contribution in [0.1, 0.15) is 16.1 Å². The van der Waals surface area contributed by atoms with Crippen LogP contribution in [0.15, 0.2) is 42.7 Å². The van der Waals surface area contributed by atoms with Crippen LogP contribution >= 0.6 is 0 Å². The van der Waals surface area contributed by atoms with E-state index in [1.165, 1.54) is 18.0 Å². The highest BCUT2D eigenvalue weighted by molar-refractivity contribution is 5.85. The second-order valence-corrected chi connectivity index (χ2v) is 3.76. The van der Waals surface area contributed by atoms with Crippen molar-refractivity contribution in [3.05, 3.63) is 54.0 Å². The molecule has 2 N–H and O–H groups in total. The summed E-state index contributed by atoms with van der Waals surface area (Å²) in [7, 11) is 0. The SMILES string of the molecule is O=C(O)c1cc(NCCc2ccccc2)ncn1. The third kappa shape index (κ3) is 3.28. The van der Waals surface area contributed by atoms with E-state index in [-0.39, 0.29) is 5.69 Å². The van der Waals surface area contributed by atoms with Gasteiger partial charge < -0.3 is 10.4 Å². The summed E-state index contributed by atoms with van der Waals surface area (Å²) in [6.07, 6.45) is 2.10. The maximum Gasteiger partial charge on any atom is 0.354 e. The number of carbonyl (C=O) groups is 1. The zero-order chi connectivity index (χ0) is 12.8. The summed E-state index contributed by atoms with van der Waals surface area (Å²) in [6.45, 7) is 0.695. The van der Waals surface area contributed by atoms with Crippen LogP contribution in [-0.4, -0.2) is 27.6 Å². The molecule has 0 fully saturated rings. The minimum atomic E-state index is -1.05. The fourth-order valence-electron chi connectivity index (χ4n) is 1.55. The molecule has 0 aliphatic heterocycles. The smallest absolute Gasteiger partial charge is 0.354 e. The Hall–Kier alpha value is -2.43. The third-order valence-corrected chi connectivity index (χ3v) is 2.45. The number of hydrogen-bond acceptors (Lipinski definition) is 4. The molecule has 1 aromatic carbocycles. The van der Waals surface area contributed by atoms with Gasteiger partial charge in [-0.2, -0.15) is 0 Å². The van der Waals surface area contributed by atoms with E-state index in [0.29, 0.717) is 12.4 Å². The Morgan fingerprint density at radius 3 is 2.72 bits per heavy atom. The summed E-state index contributed by atoms with van der Waals surface area (Å²) < 4.78 is 0. The molecule has 0 radical (unpaired) electrons. The summed E-state index contributed by atoms with van der Waals surface area (Å²) in [4.78, 5) is 18.4. The van der Waals surface area contributed by atoms with Gasteiger partial charge in [0.2, 0.25) is 0 Å². The van der Waals surface area contributed by atoms with E-state index < -0.39 is 5.97 Å². The average Bonchev–Trinajstić information content (AvgIpc) is 2.40. The number of carboxylic acids is 1. The molecular weight excluding hydrogens is 230 g/mol. The lowest BCUT2D eigenvalue weighted by Crippen LogP contribution is -2.08. The molecule has 0 saturated carbocycles. The summed E-state index contributed by atoms with van der Waals surface area (Å²) in [6, 6.07) is 11.5. The Labute approximate surface area is 105 Å². The molecule has 1 aromatic heterocycles. The van der Waals surface area contributed by atoms with Crippen LogP contribution in [0.25, 0.3) is 0 Å². The first kappa shape index (κ1) is 12.0. The van der Waals surface area contributed by atoms with Crippen LogP contribution in [0.5, 0.6) is 0 Å². The normalized spacial score (nSPS) is 10.0. The number of aromatic carboxylic acids is 1. The maximum atomic E-state index is 10.7. The zero-order valence-corrected chi connectivity index (χ0v) is 9.71. The van der Waals surface area contributed by atoms with Gasteiger partial charge in [0.05, 0.1) is 0 Å². The monoisotopic (exact) mass is 243 g/mol. The van der Waals surface area contributed by atoms with Crippen LogP contribution in [0.3, 0.4) is 0 Å². The summed E-state index contributed by atoms with van der Waals surface area (Å²) in [5.74, 6) is -0.526. The van der Waals surface area contributed by atoms with Gasteiger partial charge in [0.15, 0.2) is 5.69 Å². The Bertz CT molecular complexity index is 529. The van der Waals surface area contributed by atoms with E-state index in [9.17, 15) is 4.79 Å². The lowest BCUT2D eigenvalue weighted by molar-refractivity contribution is 0.0690. The standard InChI is InChI=1S/C13H13N3O2/c17-13(18)11-8-12(16-9-15-11)14-7-6-10-4-2-1-3-5-10/h1-5,8-9H,6-7H2,(H,17,18)(H,14,15,16). The van der Waals surface area contributed by atoms with Crippen LogP contribution in [0.4, 0.5) is 5.82 Å². The topological polar surface area (TPSA) is 75.1 Å². The van der Waals surface area contributed by atoms with Crippen molar-refractivity contribution in [1.82, 2.24) is 9.97 Å². The fourth-order valence-corrected chi connectivity index (χ4v) is 1.55. The number of rotatable bonds is 5. The van der Waals surface area contributed by atoms with Crippen LogP contribution in [0.2, 0.25) is 0 Å². The van der Waals surface area contributed by atoms with Crippen LogP contribution < -0.4 is 5.32 Å². The van der Waals surface area contributed by atoms with E-state index in [1.807, 2.05) is 30.3 Å². The highest BCUT2D eigenvalue weighted by atomic mass is 16.4. The number of nitrogens with one attached hydrogen (secondary N) is 1. The molecule has 5 heteroatoms. The van der Waals surface area contributed by atoms with E-state index >= 15 is 0 Å². The first-order valence-electron chi connectivity index (χ1n) is 5.59. The molecule has 2 aromatic rings. The first-order chi connectivity index (χ1) is 8.75. The highest BCUT2D eigenvalue weighted by Crippen LogP contribution is 2.05. The first-order valence-corrected chi connectivity index (χ1v) is 5.59. The van der Waals surface area contributed by atoms with Crippen molar-refractivity contribution in [2.45, 2.75) is 6.42 Å². The summed E-state index contributed by atoms with van der Waals surface area (Å²) in [5, 5.41) is 11.9. The molecule has 0 bridgehead atoms. The van der Waals surface area contributed by atoms with Gasteiger partial charge in [-0.1, -0.05) is 30.3 Å². The molecule has 0 amide bonds. The maximum absolute atomic E-state index is 10.7. The van der Waals surface area contributed by atoms with Crippen molar-refractivity contribution < 1.29 is 9.90 Å². The largest absolute Gasteiger partial charge is 0.477 e. The fraction of sp³-hybridized carbons (Fsp3) is 0.154. The van der Waals surface area contributed by atoms with Crippen molar-refractivity contribution in [2.75, 3.05) is 11.9 Å². The Balaban J connectivity index is 1.90. The average molecular weight is 243 g/mol. The Morgan fingerprint density at radius 2 is 2.00 bits per heavy atom. The number of benzene rings is 1. The van der Waals surface area contributed by atoms with Gasteiger partial charge in [0.25, 0.3) is 0 Å². The highest BCUT2D eigenvalue weighted by Gasteiger charge is 2.05. The van der Waals surface area contributed by atoms with E-state index in [2.05, 4.69) is 15.3 Å². The van der Waals surface area contributed by atoms with Crippen molar-refractivity contribution in [2.24, 2.45) is 0 Å². The molecule has 1 heterocycles. The van der Waals surface area contributed by atoms with E-state index in [0.717, 1.165) is 6.42 Å².